The Bertz CT molecular complexity index is 869. The van der Waals surface area contributed by atoms with Gasteiger partial charge < -0.3 is 10.4 Å². The van der Waals surface area contributed by atoms with E-state index in [0.717, 1.165) is 18.4 Å². The molecule has 2 atom stereocenters. The van der Waals surface area contributed by atoms with Crippen LogP contribution in [0.3, 0.4) is 0 Å². The Morgan fingerprint density at radius 1 is 1.37 bits per heavy atom. The number of thiazole rings is 1. The SMILES string of the molecule is O=C(CN1C[C@@H]2CCC[C@@]2(C(=O)O)C1)Nc1nc(-c2ccc(F)cc2)cs1. The lowest BCUT2D eigenvalue weighted by molar-refractivity contribution is -0.149. The van der Waals surface area contributed by atoms with Crippen molar-refractivity contribution >= 4 is 28.3 Å². The molecule has 0 unspecified atom stereocenters. The second-order valence-electron chi connectivity index (χ2n) is 7.31. The Kier molecular flexibility index (Phi) is 4.69. The number of aliphatic carboxylic acids is 1. The van der Waals surface area contributed by atoms with Crippen LogP contribution < -0.4 is 5.32 Å². The van der Waals surface area contributed by atoms with Crippen molar-refractivity contribution in [3.05, 3.63) is 35.5 Å². The molecule has 8 heteroatoms. The Labute approximate surface area is 160 Å². The Hall–Kier alpha value is -2.32. The zero-order valence-corrected chi connectivity index (χ0v) is 15.5. The van der Waals surface area contributed by atoms with E-state index in [1.54, 1.807) is 12.1 Å². The third-order valence-electron chi connectivity index (χ3n) is 5.62. The fraction of sp³-hybridized carbons (Fsp3) is 0.421. The van der Waals surface area contributed by atoms with Crippen LogP contribution in [0.4, 0.5) is 9.52 Å². The number of carbonyl (C=O) groups excluding carboxylic acids is 1. The van der Waals surface area contributed by atoms with Gasteiger partial charge in [0.2, 0.25) is 5.91 Å². The van der Waals surface area contributed by atoms with E-state index < -0.39 is 11.4 Å². The van der Waals surface area contributed by atoms with Gasteiger partial charge in [0, 0.05) is 24.0 Å². The third kappa shape index (κ3) is 3.46. The monoisotopic (exact) mass is 389 g/mol. The summed E-state index contributed by atoms with van der Waals surface area (Å²) >= 11 is 1.31. The lowest BCUT2D eigenvalue weighted by atomic mass is 9.81. The Balaban J connectivity index is 1.37. The van der Waals surface area contributed by atoms with Crippen LogP contribution in [0.5, 0.6) is 0 Å². The van der Waals surface area contributed by atoms with Crippen molar-refractivity contribution in [1.29, 1.82) is 0 Å². The summed E-state index contributed by atoms with van der Waals surface area (Å²) < 4.78 is 13.0. The number of likely N-dealkylation sites (tertiary alicyclic amines) is 1. The average molecular weight is 389 g/mol. The van der Waals surface area contributed by atoms with Crippen LogP contribution >= 0.6 is 11.3 Å². The number of benzene rings is 1. The molecule has 1 aliphatic heterocycles. The molecule has 1 amide bonds. The number of amides is 1. The van der Waals surface area contributed by atoms with Crippen molar-refractivity contribution in [2.24, 2.45) is 11.3 Å². The first-order valence-electron chi connectivity index (χ1n) is 8.93. The number of carbonyl (C=O) groups is 2. The number of fused-ring (bicyclic) bond motifs is 1. The highest BCUT2D eigenvalue weighted by Gasteiger charge is 2.54. The first kappa shape index (κ1) is 18.1. The topological polar surface area (TPSA) is 82.5 Å². The maximum Gasteiger partial charge on any atom is 0.311 e. The van der Waals surface area contributed by atoms with Crippen molar-refractivity contribution in [3.8, 4) is 11.3 Å². The Morgan fingerprint density at radius 3 is 2.85 bits per heavy atom. The molecule has 2 N–H and O–H groups in total. The van der Waals surface area contributed by atoms with Gasteiger partial charge in [0.05, 0.1) is 17.7 Å². The van der Waals surface area contributed by atoms with E-state index in [2.05, 4.69) is 10.3 Å². The second-order valence-corrected chi connectivity index (χ2v) is 8.17. The maximum atomic E-state index is 13.0. The summed E-state index contributed by atoms with van der Waals surface area (Å²) in [6.07, 6.45) is 2.55. The summed E-state index contributed by atoms with van der Waals surface area (Å²) in [4.78, 5) is 30.4. The predicted molar refractivity (Wildman–Crippen MR) is 100.0 cm³/mol. The number of carboxylic acids is 1. The van der Waals surface area contributed by atoms with Crippen LogP contribution in [0.2, 0.25) is 0 Å². The highest BCUT2D eigenvalue weighted by atomic mass is 32.1. The minimum atomic E-state index is -0.739. The number of nitrogens with zero attached hydrogens (tertiary/aromatic N) is 2. The van der Waals surface area contributed by atoms with Gasteiger partial charge in [-0.25, -0.2) is 9.37 Å². The molecule has 4 rings (SSSR count). The van der Waals surface area contributed by atoms with Crippen molar-refractivity contribution < 1.29 is 19.1 Å². The van der Waals surface area contributed by atoms with Gasteiger partial charge in [-0.2, -0.15) is 0 Å². The van der Waals surface area contributed by atoms with E-state index in [9.17, 15) is 19.1 Å². The average Bonchev–Trinajstić information content (AvgIpc) is 3.30. The number of hydrogen-bond acceptors (Lipinski definition) is 5. The van der Waals surface area contributed by atoms with E-state index in [1.165, 1.54) is 23.5 Å². The lowest BCUT2D eigenvalue weighted by Gasteiger charge is -2.23. The number of hydrogen-bond donors (Lipinski definition) is 2. The molecule has 2 aromatic rings. The molecule has 1 saturated carbocycles. The molecule has 1 saturated heterocycles. The van der Waals surface area contributed by atoms with Gasteiger partial charge in [0.1, 0.15) is 5.82 Å². The minimum Gasteiger partial charge on any atom is -0.481 e. The predicted octanol–water partition coefficient (Wildman–Crippen LogP) is 3.07. The molecule has 2 aliphatic rings. The fourth-order valence-corrected chi connectivity index (χ4v) is 5.05. The molecule has 0 bridgehead atoms. The third-order valence-corrected chi connectivity index (χ3v) is 6.38. The van der Waals surface area contributed by atoms with Gasteiger partial charge in [0.15, 0.2) is 5.13 Å². The van der Waals surface area contributed by atoms with Crippen LogP contribution in [0.1, 0.15) is 19.3 Å². The molecule has 2 heterocycles. The summed E-state index contributed by atoms with van der Waals surface area (Å²) in [5.74, 6) is -1.11. The van der Waals surface area contributed by atoms with Crippen LogP contribution in [0, 0.1) is 17.2 Å². The summed E-state index contributed by atoms with van der Waals surface area (Å²) in [5.41, 5.74) is 0.775. The number of halogens is 1. The fourth-order valence-electron chi connectivity index (χ4n) is 4.31. The molecule has 6 nitrogen and oxygen atoms in total. The van der Waals surface area contributed by atoms with E-state index in [0.29, 0.717) is 30.3 Å². The summed E-state index contributed by atoms with van der Waals surface area (Å²) in [7, 11) is 0. The largest absolute Gasteiger partial charge is 0.481 e. The first-order chi connectivity index (χ1) is 13.0. The van der Waals surface area contributed by atoms with Gasteiger partial charge in [-0.1, -0.05) is 6.42 Å². The molecule has 1 aromatic carbocycles. The van der Waals surface area contributed by atoms with E-state index in [-0.39, 0.29) is 24.2 Å². The molecular formula is C19H20FN3O3S. The second kappa shape index (κ2) is 7.01. The van der Waals surface area contributed by atoms with Crippen LogP contribution in [0.25, 0.3) is 11.3 Å². The number of nitrogens with one attached hydrogen (secondary N) is 1. The maximum absolute atomic E-state index is 13.0. The number of aromatic nitrogens is 1. The molecule has 2 fully saturated rings. The highest BCUT2D eigenvalue weighted by molar-refractivity contribution is 7.14. The molecule has 1 aliphatic carbocycles. The van der Waals surface area contributed by atoms with Crippen LogP contribution in [-0.4, -0.2) is 46.5 Å². The standard InChI is InChI=1S/C19H20FN3O3S/c20-14-5-3-12(4-6-14)15-10-27-18(21-15)22-16(24)9-23-8-13-2-1-7-19(13,11-23)17(25)26/h3-6,10,13H,1-2,7-9,11H2,(H,25,26)(H,21,22,24)/t13-,19+/m0/s1. The van der Waals surface area contributed by atoms with Crippen LogP contribution in [-0.2, 0) is 9.59 Å². The molecule has 1 aromatic heterocycles. The van der Waals surface area contributed by atoms with Crippen molar-refractivity contribution in [3.63, 3.8) is 0 Å². The highest BCUT2D eigenvalue weighted by Crippen LogP contribution is 2.48. The van der Waals surface area contributed by atoms with Crippen molar-refractivity contribution in [2.45, 2.75) is 19.3 Å². The minimum absolute atomic E-state index is 0.132. The smallest absolute Gasteiger partial charge is 0.311 e. The molecule has 0 spiro atoms. The first-order valence-corrected chi connectivity index (χ1v) is 9.81. The number of rotatable bonds is 5. The number of carboxylic acid groups (broad SMARTS) is 1. The summed E-state index contributed by atoms with van der Waals surface area (Å²) in [6.45, 7) is 1.24. The van der Waals surface area contributed by atoms with Gasteiger partial charge in [-0.3, -0.25) is 14.5 Å². The summed E-state index contributed by atoms with van der Waals surface area (Å²) in [5, 5.41) is 14.7. The van der Waals surface area contributed by atoms with Crippen molar-refractivity contribution in [1.82, 2.24) is 9.88 Å². The molecular weight excluding hydrogens is 369 g/mol. The van der Waals surface area contributed by atoms with Gasteiger partial charge in [-0.05, 0) is 43.0 Å². The van der Waals surface area contributed by atoms with Gasteiger partial charge >= 0.3 is 5.97 Å². The number of anilines is 1. The zero-order chi connectivity index (χ0) is 19.0. The molecule has 0 radical (unpaired) electrons. The molecule has 142 valence electrons. The van der Waals surface area contributed by atoms with Gasteiger partial charge in [0.25, 0.3) is 0 Å². The van der Waals surface area contributed by atoms with Gasteiger partial charge in [-0.15, -0.1) is 11.3 Å². The van der Waals surface area contributed by atoms with E-state index in [1.807, 2.05) is 10.3 Å². The summed E-state index contributed by atoms with van der Waals surface area (Å²) in [6, 6.07) is 6.03. The normalized spacial score (nSPS) is 24.7. The van der Waals surface area contributed by atoms with Crippen LogP contribution in [0.15, 0.2) is 29.6 Å². The zero-order valence-electron chi connectivity index (χ0n) is 14.7. The lowest BCUT2D eigenvalue weighted by Crippen LogP contribution is -2.37. The quantitative estimate of drug-likeness (QED) is 0.821. The van der Waals surface area contributed by atoms with E-state index in [4.69, 9.17) is 0 Å². The Morgan fingerprint density at radius 2 is 2.15 bits per heavy atom. The molecule has 27 heavy (non-hydrogen) atoms. The van der Waals surface area contributed by atoms with Crippen molar-refractivity contribution in [2.75, 3.05) is 25.0 Å². The van der Waals surface area contributed by atoms with E-state index >= 15 is 0 Å².